The van der Waals surface area contributed by atoms with E-state index in [9.17, 15) is 14.4 Å². The van der Waals surface area contributed by atoms with Crippen molar-refractivity contribution < 1.29 is 57.1 Å². The summed E-state index contributed by atoms with van der Waals surface area (Å²) in [7, 11) is 1.64. The maximum atomic E-state index is 11.7. The number of nitrogens with zero attached hydrogens (tertiary/aromatic N) is 1. The minimum atomic E-state index is -0.570. The number of imide groups is 1. The summed E-state index contributed by atoms with van der Waals surface area (Å²) < 4.78 is 42.7. The highest BCUT2D eigenvalue weighted by molar-refractivity contribution is 6.01. The fourth-order valence-corrected chi connectivity index (χ4v) is 3.02. The van der Waals surface area contributed by atoms with E-state index in [1.165, 1.54) is 0 Å². The minimum absolute atomic E-state index is 0.0948. The maximum Gasteiger partial charge on any atom is 0.333 e. The molecule has 13 nitrogen and oxygen atoms in total. The first kappa shape index (κ1) is 34.3. The Morgan fingerprint density at radius 2 is 0.921 bits per heavy atom. The first-order chi connectivity index (χ1) is 18.6. The second-order valence-electron chi connectivity index (χ2n) is 8.14. The number of hydrogen-bond donors (Lipinski definition) is 0. The van der Waals surface area contributed by atoms with Gasteiger partial charge in [-0.25, -0.2) is 4.79 Å². The van der Waals surface area contributed by atoms with Crippen molar-refractivity contribution in [3.05, 3.63) is 0 Å². The van der Waals surface area contributed by atoms with Gasteiger partial charge >= 0.3 is 5.97 Å². The highest BCUT2D eigenvalue weighted by Gasteiger charge is 2.32. The molecule has 0 bridgehead atoms. The lowest BCUT2D eigenvalue weighted by Gasteiger charge is -2.12. The van der Waals surface area contributed by atoms with E-state index in [4.69, 9.17) is 42.7 Å². The first-order valence-electron chi connectivity index (χ1n) is 13.2. The first-order valence-corrected chi connectivity index (χ1v) is 13.2. The van der Waals surface area contributed by atoms with Crippen LogP contribution in [-0.2, 0) is 57.1 Å². The van der Waals surface area contributed by atoms with Crippen molar-refractivity contribution in [1.82, 2.24) is 5.06 Å². The molecular formula is C25H45NO12. The average molecular weight is 552 g/mol. The van der Waals surface area contributed by atoms with Gasteiger partial charge in [-0.1, -0.05) is 6.42 Å². The number of carbonyl (C=O) groups excluding carboxylic acids is 3. The molecule has 0 aromatic rings. The zero-order valence-corrected chi connectivity index (χ0v) is 22.7. The Morgan fingerprint density at radius 3 is 1.32 bits per heavy atom. The molecule has 1 aliphatic rings. The van der Waals surface area contributed by atoms with E-state index in [1.54, 1.807) is 7.11 Å². The molecular weight excluding hydrogens is 506 g/mol. The van der Waals surface area contributed by atoms with Crippen LogP contribution in [0, 0.1) is 0 Å². The summed E-state index contributed by atoms with van der Waals surface area (Å²) in [5, 5.41) is 0.575. The van der Waals surface area contributed by atoms with E-state index in [0.717, 1.165) is 12.8 Å². The summed E-state index contributed by atoms with van der Waals surface area (Å²) in [5.74, 6) is -1.50. The van der Waals surface area contributed by atoms with Gasteiger partial charge in [0.15, 0.2) is 0 Å². The van der Waals surface area contributed by atoms with Crippen LogP contribution in [0.3, 0.4) is 0 Å². The van der Waals surface area contributed by atoms with Gasteiger partial charge in [0.2, 0.25) is 0 Å². The molecule has 1 rings (SSSR count). The van der Waals surface area contributed by atoms with Crippen molar-refractivity contribution in [3.8, 4) is 0 Å². The predicted molar refractivity (Wildman–Crippen MR) is 133 cm³/mol. The van der Waals surface area contributed by atoms with Gasteiger partial charge in [-0.15, -0.1) is 5.06 Å². The second-order valence-corrected chi connectivity index (χ2v) is 8.14. The molecule has 0 unspecified atom stereocenters. The third-order valence-electron chi connectivity index (χ3n) is 5.03. The van der Waals surface area contributed by atoms with Crippen LogP contribution >= 0.6 is 0 Å². The van der Waals surface area contributed by atoms with Crippen LogP contribution < -0.4 is 0 Å². The average Bonchev–Trinajstić information content (AvgIpc) is 3.22. The zero-order chi connectivity index (χ0) is 27.5. The van der Waals surface area contributed by atoms with Crippen molar-refractivity contribution in [2.24, 2.45) is 0 Å². The Hall–Kier alpha value is -1.71. The van der Waals surface area contributed by atoms with Gasteiger partial charge in [-0.05, 0) is 12.8 Å². The van der Waals surface area contributed by atoms with E-state index < -0.39 is 17.8 Å². The Bertz CT molecular complexity index is 591. The lowest BCUT2D eigenvalue weighted by molar-refractivity contribution is -0.197. The number of rotatable bonds is 28. The predicted octanol–water partition coefficient (Wildman–Crippen LogP) is 0.917. The molecule has 1 aliphatic heterocycles. The van der Waals surface area contributed by atoms with E-state index >= 15 is 0 Å². The molecule has 0 atom stereocenters. The smallest absolute Gasteiger partial charge is 0.333 e. The molecule has 0 spiro atoms. The van der Waals surface area contributed by atoms with Crippen molar-refractivity contribution in [2.45, 2.75) is 38.5 Å². The lowest BCUT2D eigenvalue weighted by Crippen LogP contribution is -2.31. The van der Waals surface area contributed by atoms with E-state index in [0.29, 0.717) is 111 Å². The van der Waals surface area contributed by atoms with Crippen LogP contribution in [0.4, 0.5) is 0 Å². The number of hydroxylamine groups is 2. The largest absolute Gasteiger partial charge is 0.382 e. The Kier molecular flexibility index (Phi) is 23.1. The molecule has 0 aromatic heterocycles. The molecule has 0 aromatic carbocycles. The number of methoxy groups -OCH3 is 1. The summed E-state index contributed by atoms with van der Waals surface area (Å²) >= 11 is 0. The topological polar surface area (TPSA) is 138 Å². The van der Waals surface area contributed by atoms with Gasteiger partial charge in [0.05, 0.1) is 92.5 Å². The molecule has 13 heteroatoms. The van der Waals surface area contributed by atoms with Crippen LogP contribution in [0.5, 0.6) is 0 Å². The second kappa shape index (κ2) is 25.6. The molecule has 2 amide bonds. The molecule has 38 heavy (non-hydrogen) atoms. The molecule has 1 fully saturated rings. The molecule has 0 aliphatic carbocycles. The quantitative estimate of drug-likeness (QED) is 0.101. The highest BCUT2D eigenvalue weighted by Crippen LogP contribution is 2.13. The number of ether oxygens (including phenoxy) is 8. The van der Waals surface area contributed by atoms with Gasteiger partial charge in [-0.2, -0.15) is 0 Å². The third-order valence-corrected chi connectivity index (χ3v) is 5.03. The van der Waals surface area contributed by atoms with Crippen molar-refractivity contribution >= 4 is 17.8 Å². The van der Waals surface area contributed by atoms with Crippen LogP contribution in [0.1, 0.15) is 38.5 Å². The van der Waals surface area contributed by atoms with Crippen molar-refractivity contribution in [2.75, 3.05) is 106 Å². The summed E-state index contributed by atoms with van der Waals surface area (Å²) in [6, 6.07) is 0. The van der Waals surface area contributed by atoms with E-state index in [-0.39, 0.29) is 19.3 Å². The van der Waals surface area contributed by atoms with Gasteiger partial charge in [0.1, 0.15) is 0 Å². The van der Waals surface area contributed by atoms with Crippen molar-refractivity contribution in [3.63, 3.8) is 0 Å². The fraction of sp³-hybridized carbons (Fsp3) is 0.880. The molecule has 0 radical (unpaired) electrons. The summed E-state index contributed by atoms with van der Waals surface area (Å²) in [6.07, 6.45) is 2.52. The van der Waals surface area contributed by atoms with Crippen LogP contribution in [0.15, 0.2) is 0 Å². The number of hydrogen-bond acceptors (Lipinski definition) is 12. The van der Waals surface area contributed by atoms with E-state index in [1.807, 2.05) is 0 Å². The lowest BCUT2D eigenvalue weighted by atomic mass is 10.2. The standard InChI is InChI=1S/C25H45NO12/c1-30-9-10-32-13-14-34-17-18-36-21-22-37-20-19-35-16-15-33-12-11-31-8-4-2-3-5-25(29)38-26-23(27)6-7-24(26)28/h2-22H2,1H3. The number of unbranched alkanes of at least 4 members (excludes halogenated alkanes) is 2. The van der Waals surface area contributed by atoms with Crippen LogP contribution in [-0.4, -0.2) is 129 Å². The van der Waals surface area contributed by atoms with Crippen LogP contribution in [0.2, 0.25) is 0 Å². The van der Waals surface area contributed by atoms with Gasteiger partial charge in [-0.3, -0.25) is 9.59 Å². The number of amides is 2. The molecule has 0 N–H and O–H groups in total. The fourth-order valence-electron chi connectivity index (χ4n) is 3.02. The van der Waals surface area contributed by atoms with Gasteiger partial charge in [0, 0.05) is 33.0 Å². The molecule has 1 heterocycles. The number of carbonyl (C=O) groups is 3. The summed E-state index contributed by atoms with van der Waals surface area (Å²) in [4.78, 5) is 39.3. The summed E-state index contributed by atoms with van der Waals surface area (Å²) in [5.41, 5.74) is 0. The zero-order valence-electron chi connectivity index (χ0n) is 22.7. The Morgan fingerprint density at radius 1 is 0.553 bits per heavy atom. The van der Waals surface area contributed by atoms with Crippen molar-refractivity contribution in [1.29, 1.82) is 0 Å². The maximum absolute atomic E-state index is 11.7. The van der Waals surface area contributed by atoms with E-state index in [2.05, 4.69) is 0 Å². The summed E-state index contributed by atoms with van der Waals surface area (Å²) in [6.45, 7) is 7.77. The molecule has 0 saturated carbocycles. The SMILES string of the molecule is COCCOCCOCCOCCOCCOCCOCCOCCCCCC(=O)ON1C(=O)CCC1=O. The van der Waals surface area contributed by atoms with Gasteiger partial charge in [0.25, 0.3) is 11.8 Å². The minimum Gasteiger partial charge on any atom is -0.382 e. The van der Waals surface area contributed by atoms with Crippen LogP contribution in [0.25, 0.3) is 0 Å². The van der Waals surface area contributed by atoms with Gasteiger partial charge < -0.3 is 42.7 Å². The Labute approximate surface area is 225 Å². The normalized spacial score (nSPS) is 13.6. The molecule has 1 saturated heterocycles. The monoisotopic (exact) mass is 551 g/mol. The third kappa shape index (κ3) is 20.3. The highest BCUT2D eigenvalue weighted by atomic mass is 16.7. The molecule has 222 valence electrons. The Balaban J connectivity index is 1.69.